The number of unbranched alkanes of at least 4 members (excludes halogenated alkanes) is 25. The standard InChI is InChI=1S/C49H88O6/c1-4-7-10-13-15-17-19-21-23-24-25-26-28-29-31-33-36-39-42-48(51)54-45-46(44-53-47(50)41-38-35-12-9-6-3)55-49(52)43-40-37-34-32-30-27-22-20-18-16-14-11-8-5-2/h17,19-20,22-24,46H,4-16,18,21,25-45H2,1-3H3/b19-17-,22-20-,24-23-. The summed E-state index contributed by atoms with van der Waals surface area (Å²) < 4.78 is 16.6. The third-order valence-electron chi connectivity index (χ3n) is 10.1. The molecule has 0 aromatic heterocycles. The van der Waals surface area contributed by atoms with Gasteiger partial charge in [0, 0.05) is 19.3 Å². The third kappa shape index (κ3) is 42.6. The average molecular weight is 773 g/mol. The summed E-state index contributed by atoms with van der Waals surface area (Å²) >= 11 is 0. The first-order valence-electron chi connectivity index (χ1n) is 23.5. The van der Waals surface area contributed by atoms with Gasteiger partial charge in [-0.1, -0.05) is 179 Å². The van der Waals surface area contributed by atoms with Crippen LogP contribution >= 0.6 is 0 Å². The molecular weight excluding hydrogens is 685 g/mol. The number of carbonyl (C=O) groups is 3. The van der Waals surface area contributed by atoms with Crippen molar-refractivity contribution in [3.05, 3.63) is 36.5 Å². The van der Waals surface area contributed by atoms with Gasteiger partial charge in [0.15, 0.2) is 6.10 Å². The van der Waals surface area contributed by atoms with Crippen LogP contribution in [-0.4, -0.2) is 37.2 Å². The molecule has 0 aliphatic rings. The summed E-state index contributed by atoms with van der Waals surface area (Å²) in [5, 5.41) is 0. The maximum absolute atomic E-state index is 12.7. The average Bonchev–Trinajstić information content (AvgIpc) is 3.18. The van der Waals surface area contributed by atoms with Crippen LogP contribution < -0.4 is 0 Å². The van der Waals surface area contributed by atoms with Gasteiger partial charge in [-0.3, -0.25) is 14.4 Å². The van der Waals surface area contributed by atoms with Crippen molar-refractivity contribution in [1.82, 2.24) is 0 Å². The zero-order valence-corrected chi connectivity index (χ0v) is 36.4. The van der Waals surface area contributed by atoms with Crippen LogP contribution in [0.4, 0.5) is 0 Å². The normalized spacial score (nSPS) is 12.3. The Kier molecular flexibility index (Phi) is 42.4. The summed E-state index contributed by atoms with van der Waals surface area (Å²) in [6.07, 6.45) is 50.1. The lowest BCUT2D eigenvalue weighted by atomic mass is 10.1. The van der Waals surface area contributed by atoms with E-state index in [1.807, 2.05) is 0 Å². The fraction of sp³-hybridized carbons (Fsp3) is 0.816. The molecule has 0 aliphatic carbocycles. The third-order valence-corrected chi connectivity index (χ3v) is 10.1. The van der Waals surface area contributed by atoms with Crippen LogP contribution in [-0.2, 0) is 28.6 Å². The van der Waals surface area contributed by atoms with Crippen molar-refractivity contribution in [2.24, 2.45) is 0 Å². The molecule has 0 saturated carbocycles. The van der Waals surface area contributed by atoms with E-state index in [-0.39, 0.29) is 31.1 Å². The van der Waals surface area contributed by atoms with E-state index in [2.05, 4.69) is 57.2 Å². The Labute approximate surface area is 340 Å². The Morgan fingerprint density at radius 1 is 0.364 bits per heavy atom. The fourth-order valence-electron chi connectivity index (χ4n) is 6.52. The van der Waals surface area contributed by atoms with Gasteiger partial charge >= 0.3 is 17.9 Å². The molecule has 0 N–H and O–H groups in total. The van der Waals surface area contributed by atoms with Crippen molar-refractivity contribution < 1.29 is 28.6 Å². The number of rotatable bonds is 42. The molecule has 0 radical (unpaired) electrons. The molecule has 0 rings (SSSR count). The predicted octanol–water partition coefficient (Wildman–Crippen LogP) is 15.0. The molecule has 1 atom stereocenters. The molecule has 0 bridgehead atoms. The Balaban J connectivity index is 4.21. The summed E-state index contributed by atoms with van der Waals surface area (Å²) in [5.41, 5.74) is 0. The van der Waals surface area contributed by atoms with Crippen LogP contribution in [0.2, 0.25) is 0 Å². The number of allylic oxidation sites excluding steroid dienone is 6. The number of hydrogen-bond donors (Lipinski definition) is 0. The highest BCUT2D eigenvalue weighted by atomic mass is 16.6. The molecule has 0 aliphatic heterocycles. The van der Waals surface area contributed by atoms with Gasteiger partial charge in [-0.05, 0) is 77.0 Å². The second-order valence-corrected chi connectivity index (χ2v) is 15.7. The molecule has 55 heavy (non-hydrogen) atoms. The van der Waals surface area contributed by atoms with E-state index < -0.39 is 6.10 Å². The molecule has 0 amide bonds. The zero-order valence-electron chi connectivity index (χ0n) is 36.4. The maximum Gasteiger partial charge on any atom is 0.306 e. The minimum Gasteiger partial charge on any atom is -0.462 e. The molecule has 0 heterocycles. The van der Waals surface area contributed by atoms with Gasteiger partial charge in [0.2, 0.25) is 0 Å². The van der Waals surface area contributed by atoms with Crippen molar-refractivity contribution in [3.8, 4) is 0 Å². The van der Waals surface area contributed by atoms with Gasteiger partial charge in [-0.2, -0.15) is 0 Å². The van der Waals surface area contributed by atoms with E-state index >= 15 is 0 Å². The SMILES string of the molecule is CCCCCC/C=C\C/C=C\CCCCCCCCCC(=O)OCC(COC(=O)CCCCCCC)OC(=O)CCCCCCC/C=C\CCCCCCC. The van der Waals surface area contributed by atoms with Gasteiger partial charge in [0.1, 0.15) is 13.2 Å². The highest BCUT2D eigenvalue weighted by Gasteiger charge is 2.19. The molecule has 0 saturated heterocycles. The summed E-state index contributed by atoms with van der Waals surface area (Å²) in [5.74, 6) is -0.906. The highest BCUT2D eigenvalue weighted by molar-refractivity contribution is 5.71. The van der Waals surface area contributed by atoms with E-state index in [0.29, 0.717) is 19.3 Å². The molecule has 0 spiro atoms. The van der Waals surface area contributed by atoms with Gasteiger partial charge in [-0.25, -0.2) is 0 Å². The first-order valence-corrected chi connectivity index (χ1v) is 23.5. The number of ether oxygens (including phenoxy) is 3. The van der Waals surface area contributed by atoms with Gasteiger partial charge in [0.05, 0.1) is 0 Å². The summed E-state index contributed by atoms with van der Waals surface area (Å²) in [7, 11) is 0. The highest BCUT2D eigenvalue weighted by Crippen LogP contribution is 2.14. The zero-order chi connectivity index (χ0) is 40.1. The molecule has 1 unspecified atom stereocenters. The largest absolute Gasteiger partial charge is 0.462 e. The molecule has 320 valence electrons. The van der Waals surface area contributed by atoms with Gasteiger partial charge < -0.3 is 14.2 Å². The van der Waals surface area contributed by atoms with Crippen molar-refractivity contribution in [2.45, 2.75) is 245 Å². The molecule has 6 nitrogen and oxygen atoms in total. The van der Waals surface area contributed by atoms with Crippen LogP contribution in [0, 0.1) is 0 Å². The number of hydrogen-bond acceptors (Lipinski definition) is 6. The number of carbonyl (C=O) groups excluding carboxylic acids is 3. The Hall–Kier alpha value is -2.37. The van der Waals surface area contributed by atoms with Crippen LogP contribution in [0.15, 0.2) is 36.5 Å². The van der Waals surface area contributed by atoms with Crippen molar-refractivity contribution in [1.29, 1.82) is 0 Å². The van der Waals surface area contributed by atoms with E-state index in [4.69, 9.17) is 14.2 Å². The minimum absolute atomic E-state index is 0.0783. The van der Waals surface area contributed by atoms with Gasteiger partial charge in [0.25, 0.3) is 0 Å². The lowest BCUT2D eigenvalue weighted by molar-refractivity contribution is -0.167. The first-order chi connectivity index (χ1) is 27.0. The maximum atomic E-state index is 12.7. The Morgan fingerprint density at radius 2 is 0.655 bits per heavy atom. The molecule has 0 aromatic carbocycles. The molecule has 0 aromatic rings. The lowest BCUT2D eigenvalue weighted by Crippen LogP contribution is -2.30. The van der Waals surface area contributed by atoms with E-state index in [1.54, 1.807) is 0 Å². The van der Waals surface area contributed by atoms with Crippen LogP contribution in [0.5, 0.6) is 0 Å². The van der Waals surface area contributed by atoms with E-state index in [1.165, 1.54) is 116 Å². The predicted molar refractivity (Wildman–Crippen MR) is 233 cm³/mol. The smallest absolute Gasteiger partial charge is 0.306 e. The van der Waals surface area contributed by atoms with E-state index in [0.717, 1.165) is 83.5 Å². The monoisotopic (exact) mass is 773 g/mol. The second kappa shape index (κ2) is 44.3. The summed E-state index contributed by atoms with van der Waals surface area (Å²) in [6, 6.07) is 0. The first kappa shape index (κ1) is 52.6. The second-order valence-electron chi connectivity index (χ2n) is 15.7. The number of esters is 3. The molecule has 6 heteroatoms. The fourth-order valence-corrected chi connectivity index (χ4v) is 6.52. The van der Waals surface area contributed by atoms with Crippen molar-refractivity contribution >= 4 is 17.9 Å². The summed E-state index contributed by atoms with van der Waals surface area (Å²) in [4.78, 5) is 37.5. The van der Waals surface area contributed by atoms with Crippen molar-refractivity contribution in [2.75, 3.05) is 13.2 Å². The Morgan fingerprint density at radius 3 is 1.04 bits per heavy atom. The lowest BCUT2D eigenvalue weighted by Gasteiger charge is -2.18. The van der Waals surface area contributed by atoms with Crippen molar-refractivity contribution in [3.63, 3.8) is 0 Å². The quantitative estimate of drug-likeness (QED) is 0.0266. The minimum atomic E-state index is -0.773. The molecule has 0 fully saturated rings. The van der Waals surface area contributed by atoms with Crippen LogP contribution in [0.1, 0.15) is 239 Å². The van der Waals surface area contributed by atoms with Gasteiger partial charge in [-0.15, -0.1) is 0 Å². The Bertz CT molecular complexity index is 938. The van der Waals surface area contributed by atoms with Crippen LogP contribution in [0.25, 0.3) is 0 Å². The van der Waals surface area contributed by atoms with Crippen LogP contribution in [0.3, 0.4) is 0 Å². The summed E-state index contributed by atoms with van der Waals surface area (Å²) in [6.45, 7) is 6.51. The topological polar surface area (TPSA) is 78.9 Å². The van der Waals surface area contributed by atoms with E-state index in [9.17, 15) is 14.4 Å². The molecular formula is C49H88O6.